The summed E-state index contributed by atoms with van der Waals surface area (Å²) in [5.74, 6) is -1.67. The van der Waals surface area contributed by atoms with Gasteiger partial charge in [-0.1, -0.05) is 11.6 Å². The molecule has 10 heteroatoms. The number of benzene rings is 2. The Balaban J connectivity index is 1.88. The smallest absolute Gasteiger partial charge is 0.275 e. The number of carbonyl (C=O) groups is 1. The average molecular weight is 472 g/mol. The van der Waals surface area contributed by atoms with Crippen molar-refractivity contribution < 1.29 is 18.3 Å². The van der Waals surface area contributed by atoms with Crippen molar-refractivity contribution in [3.63, 3.8) is 0 Å². The van der Waals surface area contributed by atoms with Crippen molar-refractivity contribution in [3.8, 4) is 28.9 Å². The number of likely N-dealkylation sites (tertiary alicyclic amines) is 1. The van der Waals surface area contributed by atoms with Crippen LogP contribution in [-0.2, 0) is 0 Å². The van der Waals surface area contributed by atoms with Crippen LogP contribution < -0.4 is 10.5 Å². The third-order valence-electron chi connectivity index (χ3n) is 5.51. The van der Waals surface area contributed by atoms with E-state index in [1.54, 1.807) is 17.0 Å². The van der Waals surface area contributed by atoms with E-state index in [0.717, 1.165) is 18.9 Å². The van der Waals surface area contributed by atoms with Crippen molar-refractivity contribution >= 4 is 17.5 Å². The molecule has 1 atom stereocenters. The van der Waals surface area contributed by atoms with Gasteiger partial charge in [-0.15, -0.1) is 0 Å². The molecule has 1 aliphatic rings. The quantitative estimate of drug-likeness (QED) is 0.622. The van der Waals surface area contributed by atoms with Gasteiger partial charge in [0.1, 0.15) is 22.9 Å². The maximum absolute atomic E-state index is 14.5. The van der Waals surface area contributed by atoms with Crippen LogP contribution in [0.4, 0.5) is 8.78 Å². The highest BCUT2D eigenvalue weighted by Gasteiger charge is 2.29. The van der Waals surface area contributed by atoms with E-state index < -0.39 is 17.5 Å². The van der Waals surface area contributed by atoms with Gasteiger partial charge in [0.05, 0.1) is 18.4 Å². The molecule has 2 N–H and O–H groups in total. The van der Waals surface area contributed by atoms with E-state index in [2.05, 4.69) is 4.98 Å². The van der Waals surface area contributed by atoms with E-state index in [0.29, 0.717) is 13.1 Å². The zero-order valence-electron chi connectivity index (χ0n) is 17.7. The lowest BCUT2D eigenvalue weighted by Crippen LogP contribution is -2.45. The predicted octanol–water partition coefficient (Wildman–Crippen LogP) is 3.91. The first-order valence-electron chi connectivity index (χ1n) is 10.2. The third-order valence-corrected chi connectivity index (χ3v) is 5.86. The number of piperidine rings is 1. The number of halogens is 3. The van der Waals surface area contributed by atoms with E-state index in [9.17, 15) is 13.6 Å². The van der Waals surface area contributed by atoms with E-state index in [1.807, 2.05) is 0 Å². The van der Waals surface area contributed by atoms with Gasteiger partial charge in [0.25, 0.3) is 5.91 Å². The normalized spacial score (nSPS) is 15.9. The van der Waals surface area contributed by atoms with Crippen LogP contribution in [0.2, 0.25) is 5.15 Å². The summed E-state index contributed by atoms with van der Waals surface area (Å²) in [5, 5.41) is 8.98. The van der Waals surface area contributed by atoms with Gasteiger partial charge in [-0.3, -0.25) is 9.36 Å². The number of hydrogen-bond donors (Lipinski definition) is 1. The predicted molar refractivity (Wildman–Crippen MR) is 118 cm³/mol. The van der Waals surface area contributed by atoms with Crippen molar-refractivity contribution in [1.82, 2.24) is 14.5 Å². The molecule has 0 saturated carbocycles. The minimum atomic E-state index is -0.753. The van der Waals surface area contributed by atoms with Crippen LogP contribution in [0.5, 0.6) is 5.75 Å². The van der Waals surface area contributed by atoms with Gasteiger partial charge < -0.3 is 15.4 Å². The second-order valence-corrected chi connectivity index (χ2v) is 8.05. The number of imidazole rings is 1. The molecule has 1 aliphatic heterocycles. The molecular formula is C23H20ClF2N5O2. The lowest BCUT2D eigenvalue weighted by molar-refractivity contribution is 0.0703. The SMILES string of the molecule is COc1ccc(-n2c(-c3ccc(C#N)c(F)c3)nc(C(=O)N3CCC[C@H](N)C3)c2Cl)cc1F. The Labute approximate surface area is 193 Å². The van der Waals surface area contributed by atoms with E-state index >= 15 is 0 Å². The Morgan fingerprint density at radius 3 is 2.70 bits per heavy atom. The van der Waals surface area contributed by atoms with Gasteiger partial charge in [0, 0.05) is 30.8 Å². The van der Waals surface area contributed by atoms with Gasteiger partial charge in [0.2, 0.25) is 0 Å². The van der Waals surface area contributed by atoms with Crippen LogP contribution in [-0.4, -0.2) is 46.6 Å². The molecule has 7 nitrogen and oxygen atoms in total. The molecule has 170 valence electrons. The lowest BCUT2D eigenvalue weighted by Gasteiger charge is -2.30. The molecule has 1 amide bonds. The highest BCUT2D eigenvalue weighted by molar-refractivity contribution is 6.33. The van der Waals surface area contributed by atoms with Crippen LogP contribution in [0.3, 0.4) is 0 Å². The van der Waals surface area contributed by atoms with Crippen LogP contribution >= 0.6 is 11.6 Å². The Hall–Kier alpha value is -3.48. The van der Waals surface area contributed by atoms with Crippen molar-refractivity contribution in [3.05, 3.63) is 64.4 Å². The van der Waals surface area contributed by atoms with Crippen molar-refractivity contribution in [2.75, 3.05) is 20.2 Å². The molecule has 3 aromatic rings. The van der Waals surface area contributed by atoms with Gasteiger partial charge in [-0.05, 0) is 43.2 Å². The molecule has 0 spiro atoms. The fraction of sp³-hybridized carbons (Fsp3) is 0.261. The monoisotopic (exact) mass is 471 g/mol. The minimum Gasteiger partial charge on any atom is -0.494 e. The topological polar surface area (TPSA) is 97.2 Å². The highest BCUT2D eigenvalue weighted by Crippen LogP contribution is 2.33. The highest BCUT2D eigenvalue weighted by atomic mass is 35.5. The van der Waals surface area contributed by atoms with E-state index in [1.165, 1.54) is 35.9 Å². The molecule has 0 aliphatic carbocycles. The number of aromatic nitrogens is 2. The van der Waals surface area contributed by atoms with Crippen LogP contribution in [0.1, 0.15) is 28.9 Å². The average Bonchev–Trinajstić information content (AvgIpc) is 3.15. The molecule has 2 heterocycles. The summed E-state index contributed by atoms with van der Waals surface area (Å²) in [6.07, 6.45) is 1.56. The number of amides is 1. The summed E-state index contributed by atoms with van der Waals surface area (Å²) in [6, 6.07) is 9.66. The van der Waals surface area contributed by atoms with Gasteiger partial charge >= 0.3 is 0 Å². The molecular weight excluding hydrogens is 452 g/mol. The molecule has 1 fully saturated rings. The molecule has 0 bridgehead atoms. The lowest BCUT2D eigenvalue weighted by atomic mass is 10.1. The molecule has 33 heavy (non-hydrogen) atoms. The summed E-state index contributed by atoms with van der Waals surface area (Å²) in [6.45, 7) is 0.869. The Bertz CT molecular complexity index is 1270. The number of nitrogens with zero attached hydrogens (tertiary/aromatic N) is 4. The van der Waals surface area contributed by atoms with Crippen LogP contribution in [0, 0.1) is 23.0 Å². The van der Waals surface area contributed by atoms with Gasteiger partial charge in [-0.2, -0.15) is 5.26 Å². The fourth-order valence-electron chi connectivity index (χ4n) is 3.85. The summed E-state index contributed by atoms with van der Waals surface area (Å²) in [5.41, 5.74) is 6.34. The zero-order valence-corrected chi connectivity index (χ0v) is 18.4. The number of nitrogens with two attached hydrogens (primary N) is 1. The Morgan fingerprint density at radius 2 is 2.06 bits per heavy atom. The number of carbonyl (C=O) groups excluding carboxylic acids is 1. The van der Waals surface area contributed by atoms with E-state index in [-0.39, 0.29) is 45.3 Å². The number of hydrogen-bond acceptors (Lipinski definition) is 5. The number of methoxy groups -OCH3 is 1. The summed E-state index contributed by atoms with van der Waals surface area (Å²) in [7, 11) is 1.34. The van der Waals surface area contributed by atoms with Crippen LogP contribution in [0.25, 0.3) is 17.1 Å². The number of nitriles is 1. The minimum absolute atomic E-state index is 0.0274. The molecule has 4 rings (SSSR count). The van der Waals surface area contributed by atoms with Crippen molar-refractivity contribution in [2.45, 2.75) is 18.9 Å². The Morgan fingerprint density at radius 1 is 1.27 bits per heavy atom. The summed E-state index contributed by atoms with van der Waals surface area (Å²) < 4.78 is 35.2. The fourth-order valence-corrected chi connectivity index (χ4v) is 4.15. The summed E-state index contributed by atoms with van der Waals surface area (Å²) in [4.78, 5) is 19.2. The molecule has 1 saturated heterocycles. The second kappa shape index (κ2) is 9.17. The zero-order chi connectivity index (χ0) is 23.7. The van der Waals surface area contributed by atoms with E-state index in [4.69, 9.17) is 27.3 Å². The molecule has 0 radical (unpaired) electrons. The summed E-state index contributed by atoms with van der Waals surface area (Å²) >= 11 is 6.61. The Kier molecular flexibility index (Phi) is 6.31. The second-order valence-electron chi connectivity index (χ2n) is 7.69. The van der Waals surface area contributed by atoms with Crippen molar-refractivity contribution in [2.24, 2.45) is 5.73 Å². The number of ether oxygens (including phenoxy) is 1. The van der Waals surface area contributed by atoms with Gasteiger partial charge in [0.15, 0.2) is 17.3 Å². The standard InChI is InChI=1S/C23H20ClF2N5O2/c1-33-19-7-6-16(10-18(19)26)31-21(24)20(23(32)30-8-2-3-15(28)12-30)29-22(31)13-4-5-14(11-27)17(25)9-13/h4-7,9-10,15H,2-3,8,12,28H2,1H3/t15-/m0/s1. The first kappa shape index (κ1) is 22.7. The maximum Gasteiger partial charge on any atom is 0.275 e. The third kappa shape index (κ3) is 4.27. The molecule has 2 aromatic carbocycles. The number of rotatable bonds is 4. The molecule has 0 unspecified atom stereocenters. The largest absolute Gasteiger partial charge is 0.494 e. The first-order chi connectivity index (χ1) is 15.8. The maximum atomic E-state index is 14.5. The van der Waals surface area contributed by atoms with Crippen LogP contribution in [0.15, 0.2) is 36.4 Å². The molecule has 1 aromatic heterocycles. The van der Waals surface area contributed by atoms with Gasteiger partial charge in [-0.25, -0.2) is 13.8 Å². The first-order valence-corrected chi connectivity index (χ1v) is 10.6. The van der Waals surface area contributed by atoms with Crippen molar-refractivity contribution in [1.29, 1.82) is 5.26 Å².